The monoisotopic (exact) mass is 395 g/mol. The first-order valence-electron chi connectivity index (χ1n) is 8.43. The highest BCUT2D eigenvalue weighted by atomic mass is 32.1. The number of carbonyl (C=O) groups excluding carboxylic acids is 1. The Hall–Kier alpha value is -3.46. The van der Waals surface area contributed by atoms with Gasteiger partial charge in [0.1, 0.15) is 16.9 Å². The Kier molecular flexibility index (Phi) is 4.90. The Morgan fingerprint density at radius 1 is 1.07 bits per heavy atom. The molecule has 0 saturated carbocycles. The van der Waals surface area contributed by atoms with E-state index in [4.69, 9.17) is 0 Å². The van der Waals surface area contributed by atoms with Crippen molar-refractivity contribution in [3.05, 3.63) is 76.6 Å². The number of halogens is 1. The molecule has 140 valence electrons. The predicted molar refractivity (Wildman–Crippen MR) is 104 cm³/mol. The van der Waals surface area contributed by atoms with Crippen LogP contribution in [-0.4, -0.2) is 30.8 Å². The standard InChI is InChI=1S/C19H14FN5O2S/c20-14-4-1-12(2-5-14)16-10-18(26)25(11-22-16)8-7-21-19(27)13-3-6-15-17(9-13)24-28-23-15/h1-6,9-11H,7-8H2,(H,21,27). The van der Waals surface area contributed by atoms with Gasteiger partial charge in [-0.05, 0) is 42.5 Å². The summed E-state index contributed by atoms with van der Waals surface area (Å²) in [7, 11) is 0. The van der Waals surface area contributed by atoms with E-state index in [9.17, 15) is 14.0 Å². The minimum Gasteiger partial charge on any atom is -0.350 e. The molecule has 0 aliphatic heterocycles. The number of aromatic nitrogens is 4. The summed E-state index contributed by atoms with van der Waals surface area (Å²) in [6.45, 7) is 0.547. The number of nitrogens with one attached hydrogen (secondary N) is 1. The predicted octanol–water partition coefficient (Wildman–Crippen LogP) is 2.48. The van der Waals surface area contributed by atoms with Gasteiger partial charge in [-0.3, -0.25) is 14.2 Å². The molecule has 0 aliphatic rings. The number of nitrogens with zero attached hydrogens (tertiary/aromatic N) is 4. The summed E-state index contributed by atoms with van der Waals surface area (Å²) in [5.41, 5.74) is 2.78. The number of benzene rings is 2. The van der Waals surface area contributed by atoms with Gasteiger partial charge < -0.3 is 5.32 Å². The molecule has 0 radical (unpaired) electrons. The van der Waals surface area contributed by atoms with Crippen LogP contribution in [0.4, 0.5) is 4.39 Å². The van der Waals surface area contributed by atoms with Crippen LogP contribution in [0.2, 0.25) is 0 Å². The zero-order valence-electron chi connectivity index (χ0n) is 14.5. The smallest absolute Gasteiger partial charge is 0.253 e. The van der Waals surface area contributed by atoms with Crippen molar-refractivity contribution in [3.8, 4) is 11.3 Å². The van der Waals surface area contributed by atoms with Crippen LogP contribution in [0.1, 0.15) is 10.4 Å². The van der Waals surface area contributed by atoms with Gasteiger partial charge in [0, 0.05) is 30.3 Å². The lowest BCUT2D eigenvalue weighted by Gasteiger charge is -2.08. The second-order valence-corrected chi connectivity index (χ2v) is 6.56. The van der Waals surface area contributed by atoms with Crippen molar-refractivity contribution in [2.75, 3.05) is 6.54 Å². The van der Waals surface area contributed by atoms with Gasteiger partial charge in [-0.2, -0.15) is 8.75 Å². The van der Waals surface area contributed by atoms with E-state index >= 15 is 0 Å². The lowest BCUT2D eigenvalue weighted by Crippen LogP contribution is -2.30. The van der Waals surface area contributed by atoms with E-state index < -0.39 is 0 Å². The Morgan fingerprint density at radius 3 is 2.64 bits per heavy atom. The van der Waals surface area contributed by atoms with Crippen molar-refractivity contribution in [2.24, 2.45) is 0 Å². The summed E-state index contributed by atoms with van der Waals surface area (Å²) in [6, 6.07) is 12.3. The fourth-order valence-corrected chi connectivity index (χ4v) is 3.21. The van der Waals surface area contributed by atoms with Crippen molar-refractivity contribution in [2.45, 2.75) is 6.54 Å². The molecule has 0 bridgehead atoms. The molecular formula is C19H14FN5O2S. The zero-order chi connectivity index (χ0) is 19.5. The maximum Gasteiger partial charge on any atom is 0.253 e. The molecule has 1 N–H and O–H groups in total. The summed E-state index contributed by atoms with van der Waals surface area (Å²) in [5.74, 6) is -0.600. The van der Waals surface area contributed by atoms with Gasteiger partial charge >= 0.3 is 0 Å². The summed E-state index contributed by atoms with van der Waals surface area (Å²) < 4.78 is 22.6. The fraction of sp³-hybridized carbons (Fsp3) is 0.105. The van der Waals surface area contributed by atoms with Crippen molar-refractivity contribution in [3.63, 3.8) is 0 Å². The van der Waals surface area contributed by atoms with E-state index in [1.165, 1.54) is 29.1 Å². The number of amides is 1. The second kappa shape index (κ2) is 7.65. The molecule has 0 spiro atoms. The van der Waals surface area contributed by atoms with Crippen LogP contribution >= 0.6 is 11.7 Å². The molecule has 2 heterocycles. The molecule has 2 aromatic heterocycles. The molecule has 28 heavy (non-hydrogen) atoms. The van der Waals surface area contributed by atoms with E-state index in [1.807, 2.05) is 0 Å². The summed E-state index contributed by atoms with van der Waals surface area (Å²) >= 11 is 1.09. The molecule has 0 aliphatic carbocycles. The molecule has 0 atom stereocenters. The Labute approximate surface area is 162 Å². The van der Waals surface area contributed by atoms with Crippen LogP contribution in [0.5, 0.6) is 0 Å². The molecule has 0 unspecified atom stereocenters. The van der Waals surface area contributed by atoms with Crippen LogP contribution < -0.4 is 10.9 Å². The number of carbonyl (C=O) groups is 1. The quantitative estimate of drug-likeness (QED) is 0.561. The zero-order valence-corrected chi connectivity index (χ0v) is 15.3. The molecule has 7 nitrogen and oxygen atoms in total. The Balaban J connectivity index is 1.39. The highest BCUT2D eigenvalue weighted by molar-refractivity contribution is 7.00. The molecule has 4 aromatic rings. The van der Waals surface area contributed by atoms with Gasteiger partial charge in [0.05, 0.1) is 23.7 Å². The minimum atomic E-state index is -0.349. The van der Waals surface area contributed by atoms with Gasteiger partial charge in [-0.15, -0.1) is 0 Å². The highest BCUT2D eigenvalue weighted by Crippen LogP contribution is 2.15. The third-order valence-electron chi connectivity index (χ3n) is 4.17. The first-order valence-corrected chi connectivity index (χ1v) is 9.16. The summed E-state index contributed by atoms with van der Waals surface area (Å²) in [5, 5.41) is 2.77. The van der Waals surface area contributed by atoms with Crippen molar-refractivity contribution < 1.29 is 9.18 Å². The maximum atomic E-state index is 13.0. The third kappa shape index (κ3) is 3.79. The molecular weight excluding hydrogens is 381 g/mol. The second-order valence-electron chi connectivity index (χ2n) is 6.04. The SMILES string of the molecule is O=C(NCCn1cnc(-c2ccc(F)cc2)cc1=O)c1ccc2nsnc2c1. The van der Waals surface area contributed by atoms with Gasteiger partial charge in [-0.1, -0.05) is 0 Å². The van der Waals surface area contributed by atoms with Crippen molar-refractivity contribution >= 4 is 28.7 Å². The number of fused-ring (bicyclic) bond motifs is 1. The number of hydrogen-bond donors (Lipinski definition) is 1. The van der Waals surface area contributed by atoms with Gasteiger partial charge in [0.2, 0.25) is 0 Å². The van der Waals surface area contributed by atoms with Gasteiger partial charge in [0.15, 0.2) is 0 Å². The summed E-state index contributed by atoms with van der Waals surface area (Å²) in [6.07, 6.45) is 1.42. The van der Waals surface area contributed by atoms with Crippen LogP contribution in [0.25, 0.3) is 22.3 Å². The topological polar surface area (TPSA) is 89.8 Å². The normalized spacial score (nSPS) is 10.9. The Morgan fingerprint density at radius 2 is 1.86 bits per heavy atom. The van der Waals surface area contributed by atoms with Crippen LogP contribution in [0.15, 0.2) is 59.7 Å². The molecule has 1 amide bonds. The third-order valence-corrected chi connectivity index (χ3v) is 4.73. The van der Waals surface area contributed by atoms with E-state index in [0.717, 1.165) is 17.2 Å². The largest absolute Gasteiger partial charge is 0.350 e. The van der Waals surface area contributed by atoms with Gasteiger partial charge in [0.25, 0.3) is 11.5 Å². The highest BCUT2D eigenvalue weighted by Gasteiger charge is 2.08. The lowest BCUT2D eigenvalue weighted by atomic mass is 10.1. The van der Waals surface area contributed by atoms with E-state index in [-0.39, 0.29) is 30.4 Å². The molecule has 4 rings (SSSR count). The van der Waals surface area contributed by atoms with E-state index in [2.05, 4.69) is 19.0 Å². The van der Waals surface area contributed by atoms with Crippen molar-refractivity contribution in [1.29, 1.82) is 0 Å². The van der Waals surface area contributed by atoms with Crippen molar-refractivity contribution in [1.82, 2.24) is 23.6 Å². The lowest BCUT2D eigenvalue weighted by molar-refractivity contribution is 0.0952. The molecule has 2 aromatic carbocycles. The average Bonchev–Trinajstić information content (AvgIpc) is 3.17. The molecule has 0 saturated heterocycles. The average molecular weight is 395 g/mol. The minimum absolute atomic E-state index is 0.251. The first-order chi connectivity index (χ1) is 13.6. The van der Waals surface area contributed by atoms with E-state index in [0.29, 0.717) is 22.3 Å². The molecule has 9 heteroatoms. The van der Waals surface area contributed by atoms with Gasteiger partial charge in [-0.25, -0.2) is 9.37 Å². The molecule has 0 fully saturated rings. The fourth-order valence-electron chi connectivity index (χ4n) is 2.69. The Bertz CT molecular complexity index is 1200. The van der Waals surface area contributed by atoms with E-state index in [1.54, 1.807) is 30.3 Å². The number of hydrogen-bond acceptors (Lipinski definition) is 6. The van der Waals surface area contributed by atoms with Crippen LogP contribution in [-0.2, 0) is 6.54 Å². The first kappa shape index (κ1) is 17.9. The maximum absolute atomic E-state index is 13.0. The van der Waals surface area contributed by atoms with Crippen LogP contribution in [0.3, 0.4) is 0 Å². The summed E-state index contributed by atoms with van der Waals surface area (Å²) in [4.78, 5) is 28.8. The van der Waals surface area contributed by atoms with Crippen LogP contribution in [0, 0.1) is 5.82 Å². The number of rotatable bonds is 5.